The molecule has 0 spiro atoms. The van der Waals surface area contributed by atoms with Gasteiger partial charge in [0.2, 0.25) is 0 Å². The van der Waals surface area contributed by atoms with E-state index >= 15 is 0 Å². The molecule has 1 aliphatic carbocycles. The van der Waals surface area contributed by atoms with Crippen molar-refractivity contribution in [3.8, 4) is 0 Å². The molecule has 72 valence electrons. The summed E-state index contributed by atoms with van der Waals surface area (Å²) in [6, 6.07) is 0. The fraction of sp³-hybridized carbons (Fsp3) is 1.00. The molecule has 0 nitrogen and oxygen atoms in total. The Bertz CT molecular complexity index is 93.2. The third-order valence-electron chi connectivity index (χ3n) is 2.82. The monoisotopic (exact) mass is 186 g/mol. The van der Waals surface area contributed by atoms with E-state index in [1.807, 2.05) is 0 Å². The summed E-state index contributed by atoms with van der Waals surface area (Å²) in [5.41, 5.74) is 1.12. The van der Waals surface area contributed by atoms with Crippen molar-refractivity contribution < 1.29 is 0 Å². The Morgan fingerprint density at radius 1 is 1.08 bits per heavy atom. The van der Waals surface area contributed by atoms with Gasteiger partial charge < -0.3 is 0 Å². The van der Waals surface area contributed by atoms with Gasteiger partial charge in [-0.15, -0.1) is 8.58 Å². The lowest BCUT2D eigenvalue weighted by Gasteiger charge is -2.12. The van der Waals surface area contributed by atoms with Crippen LogP contribution in [0.4, 0.5) is 0 Å². The molecule has 0 aromatic carbocycles. The van der Waals surface area contributed by atoms with E-state index in [1.165, 1.54) is 53.3 Å². The molecule has 0 saturated heterocycles. The maximum atomic E-state index is 2.30. The summed E-state index contributed by atoms with van der Waals surface area (Å²) in [5, 5.41) is 0. The van der Waals surface area contributed by atoms with Crippen LogP contribution in [0.3, 0.4) is 0 Å². The van der Waals surface area contributed by atoms with Crippen LogP contribution in [0.25, 0.3) is 0 Å². The molecule has 0 radical (unpaired) electrons. The number of unbranched alkanes of at least 4 members (excludes halogenated alkanes) is 1. The molecule has 0 aromatic heterocycles. The second-order valence-corrected chi connectivity index (χ2v) is 5.72. The quantitative estimate of drug-likeness (QED) is 0.351. The molecular formula is C11H23P. The smallest absolute Gasteiger partial charge is 0.0237 e. The van der Waals surface area contributed by atoms with E-state index in [1.54, 1.807) is 12.8 Å². The average Bonchev–Trinajstić information content (AvgIpc) is 2.33. The third kappa shape index (κ3) is 4.45. The van der Waals surface area contributed by atoms with Crippen LogP contribution < -0.4 is 0 Å². The van der Waals surface area contributed by atoms with E-state index in [4.69, 9.17) is 0 Å². The van der Waals surface area contributed by atoms with Gasteiger partial charge >= 0.3 is 0 Å². The molecular weight excluding hydrogens is 163 g/mol. The van der Waals surface area contributed by atoms with Gasteiger partial charge in [0.05, 0.1) is 0 Å². The summed E-state index contributed by atoms with van der Waals surface area (Å²) in [6.45, 7) is 2.30. The first-order chi connectivity index (χ1) is 5.93. The molecule has 0 bridgehead atoms. The largest absolute Gasteiger partial charge is 0.119 e. The van der Waals surface area contributed by atoms with Crippen LogP contribution in [-0.2, 0) is 0 Å². The van der Waals surface area contributed by atoms with Gasteiger partial charge in [-0.05, 0) is 31.1 Å². The van der Waals surface area contributed by atoms with E-state index in [0.29, 0.717) is 0 Å². The SMILES string of the molecule is CCCCPC1CCCCCC1. The number of rotatable bonds is 4. The van der Waals surface area contributed by atoms with E-state index in [-0.39, 0.29) is 0 Å². The lowest BCUT2D eigenvalue weighted by molar-refractivity contribution is 0.702. The topological polar surface area (TPSA) is 0 Å². The van der Waals surface area contributed by atoms with Crippen molar-refractivity contribution in [1.29, 1.82) is 0 Å². The number of hydrogen-bond acceptors (Lipinski definition) is 0. The van der Waals surface area contributed by atoms with E-state index in [9.17, 15) is 0 Å². The molecule has 1 heteroatoms. The van der Waals surface area contributed by atoms with Crippen LogP contribution >= 0.6 is 8.58 Å². The van der Waals surface area contributed by atoms with Crippen molar-refractivity contribution in [2.24, 2.45) is 0 Å². The highest BCUT2D eigenvalue weighted by atomic mass is 31.1. The lowest BCUT2D eigenvalue weighted by atomic mass is 10.2. The second kappa shape index (κ2) is 6.89. The Morgan fingerprint density at radius 2 is 1.75 bits per heavy atom. The Kier molecular flexibility index (Phi) is 6.04. The normalized spacial score (nSPS) is 21.8. The molecule has 0 amide bonds. The zero-order valence-electron chi connectivity index (χ0n) is 8.44. The van der Waals surface area contributed by atoms with Crippen molar-refractivity contribution in [3.63, 3.8) is 0 Å². The molecule has 12 heavy (non-hydrogen) atoms. The first kappa shape index (κ1) is 10.5. The third-order valence-corrected chi connectivity index (χ3v) is 4.62. The zero-order valence-corrected chi connectivity index (χ0v) is 9.44. The highest BCUT2D eigenvalue weighted by molar-refractivity contribution is 7.38. The van der Waals surface area contributed by atoms with Gasteiger partial charge in [-0.1, -0.05) is 39.0 Å². The Balaban J connectivity index is 2.04. The van der Waals surface area contributed by atoms with Crippen molar-refractivity contribution in [1.82, 2.24) is 0 Å². The summed E-state index contributed by atoms with van der Waals surface area (Å²) in [7, 11) is 1.28. The minimum Gasteiger partial charge on any atom is -0.119 e. The summed E-state index contributed by atoms with van der Waals surface area (Å²) in [4.78, 5) is 0. The second-order valence-electron chi connectivity index (χ2n) is 4.00. The first-order valence-electron chi connectivity index (χ1n) is 5.67. The molecule has 1 aliphatic rings. The lowest BCUT2D eigenvalue weighted by Crippen LogP contribution is -1.98. The molecule has 1 rings (SSSR count). The van der Waals surface area contributed by atoms with Gasteiger partial charge in [-0.25, -0.2) is 0 Å². The van der Waals surface area contributed by atoms with Crippen LogP contribution in [0.5, 0.6) is 0 Å². The molecule has 1 atom stereocenters. The van der Waals surface area contributed by atoms with Crippen LogP contribution in [0.2, 0.25) is 0 Å². The van der Waals surface area contributed by atoms with Gasteiger partial charge in [0.25, 0.3) is 0 Å². The first-order valence-corrected chi connectivity index (χ1v) is 6.95. The Labute approximate surface area is 79.3 Å². The highest BCUT2D eigenvalue weighted by Gasteiger charge is 2.10. The fourth-order valence-corrected chi connectivity index (χ4v) is 3.75. The summed E-state index contributed by atoms with van der Waals surface area (Å²) in [6.07, 6.45) is 13.5. The van der Waals surface area contributed by atoms with Gasteiger partial charge in [0.15, 0.2) is 0 Å². The van der Waals surface area contributed by atoms with Crippen LogP contribution in [0.1, 0.15) is 58.3 Å². The Hall–Kier alpha value is 0.430. The van der Waals surface area contributed by atoms with Gasteiger partial charge in [-0.2, -0.15) is 0 Å². The minimum atomic E-state index is 1.12. The van der Waals surface area contributed by atoms with Gasteiger partial charge in [0.1, 0.15) is 0 Å². The van der Waals surface area contributed by atoms with Crippen LogP contribution in [0.15, 0.2) is 0 Å². The van der Waals surface area contributed by atoms with E-state index in [0.717, 1.165) is 5.66 Å². The van der Waals surface area contributed by atoms with Crippen molar-refractivity contribution in [2.45, 2.75) is 63.9 Å². The predicted molar refractivity (Wildman–Crippen MR) is 59.6 cm³/mol. The maximum Gasteiger partial charge on any atom is -0.0237 e. The van der Waals surface area contributed by atoms with Crippen molar-refractivity contribution in [2.75, 3.05) is 6.16 Å². The standard InChI is InChI=1S/C11H23P/c1-2-3-10-12-11-8-6-4-5-7-9-11/h11-12H,2-10H2,1H3. The Morgan fingerprint density at radius 3 is 2.33 bits per heavy atom. The van der Waals surface area contributed by atoms with E-state index < -0.39 is 0 Å². The summed E-state index contributed by atoms with van der Waals surface area (Å²) >= 11 is 0. The predicted octanol–water partition coefficient (Wildman–Crippen LogP) is 4.19. The molecule has 0 N–H and O–H groups in total. The minimum absolute atomic E-state index is 1.12. The molecule has 0 aliphatic heterocycles. The fourth-order valence-electron chi connectivity index (χ4n) is 1.97. The molecule has 1 saturated carbocycles. The summed E-state index contributed by atoms with van der Waals surface area (Å²) in [5.74, 6) is 0. The summed E-state index contributed by atoms with van der Waals surface area (Å²) < 4.78 is 0. The zero-order chi connectivity index (χ0) is 8.65. The maximum absolute atomic E-state index is 2.30. The number of hydrogen-bond donors (Lipinski definition) is 0. The van der Waals surface area contributed by atoms with Crippen LogP contribution in [0, 0.1) is 0 Å². The molecule has 1 fully saturated rings. The van der Waals surface area contributed by atoms with Gasteiger partial charge in [-0.3, -0.25) is 0 Å². The molecule has 1 unspecified atom stereocenters. The van der Waals surface area contributed by atoms with Crippen LogP contribution in [-0.4, -0.2) is 11.8 Å². The van der Waals surface area contributed by atoms with E-state index in [2.05, 4.69) is 6.92 Å². The van der Waals surface area contributed by atoms with Gasteiger partial charge in [0, 0.05) is 0 Å². The van der Waals surface area contributed by atoms with Crippen molar-refractivity contribution >= 4 is 8.58 Å². The molecule has 0 heterocycles. The highest BCUT2D eigenvalue weighted by Crippen LogP contribution is 2.32. The molecule has 0 aromatic rings. The van der Waals surface area contributed by atoms with Crippen molar-refractivity contribution in [3.05, 3.63) is 0 Å². The average molecular weight is 186 g/mol.